The van der Waals surface area contributed by atoms with Crippen LogP contribution in [0.1, 0.15) is 38.7 Å². The van der Waals surface area contributed by atoms with Crippen LogP contribution in [0.4, 0.5) is 13.2 Å². The van der Waals surface area contributed by atoms with Gasteiger partial charge >= 0.3 is 0 Å². The van der Waals surface area contributed by atoms with E-state index in [0.29, 0.717) is 16.2 Å². The van der Waals surface area contributed by atoms with E-state index in [4.69, 9.17) is 16.3 Å². The number of hydrogen-bond acceptors (Lipinski definition) is 4. The lowest BCUT2D eigenvalue weighted by Crippen LogP contribution is -2.32. The summed E-state index contributed by atoms with van der Waals surface area (Å²) in [6.07, 6.45) is -0.197. The Balaban J connectivity index is 1.79. The molecule has 0 fully saturated rings. The minimum atomic E-state index is -0.950. The molecule has 0 saturated heterocycles. The number of nitrogens with zero attached hydrogens (tertiary/aromatic N) is 1. The van der Waals surface area contributed by atoms with Crippen LogP contribution in [0.25, 0.3) is 11.1 Å². The van der Waals surface area contributed by atoms with E-state index in [1.54, 1.807) is 31.2 Å². The minimum absolute atomic E-state index is 0.00228. The number of rotatable bonds is 6. The highest BCUT2D eigenvalue weighted by Gasteiger charge is 2.36. The summed E-state index contributed by atoms with van der Waals surface area (Å²) in [6, 6.07) is 12.1. The molecule has 1 aromatic heterocycles. The van der Waals surface area contributed by atoms with Crippen LogP contribution >= 0.6 is 23.4 Å². The fourth-order valence-electron chi connectivity index (χ4n) is 4.97. The molecule has 0 N–H and O–H groups in total. The Morgan fingerprint density at radius 2 is 1.74 bits per heavy atom. The van der Waals surface area contributed by atoms with Gasteiger partial charge in [-0.2, -0.15) is 0 Å². The van der Waals surface area contributed by atoms with Crippen LogP contribution in [0.5, 0.6) is 5.75 Å². The van der Waals surface area contributed by atoms with Gasteiger partial charge in [-0.25, -0.2) is 13.2 Å². The van der Waals surface area contributed by atoms with Crippen molar-refractivity contribution in [3.63, 3.8) is 0 Å². The lowest BCUT2D eigenvalue weighted by Gasteiger charge is -2.21. The van der Waals surface area contributed by atoms with Crippen LogP contribution in [0, 0.1) is 31.3 Å². The second-order valence-electron chi connectivity index (χ2n) is 9.33. The van der Waals surface area contributed by atoms with Gasteiger partial charge in [-0.15, -0.1) is 11.8 Å². The zero-order valence-electron chi connectivity index (χ0n) is 21.3. The number of thioether (sulfide) groups is 1. The van der Waals surface area contributed by atoms with Crippen molar-refractivity contribution in [2.45, 2.75) is 31.3 Å². The molecule has 1 unspecified atom stereocenters. The third kappa shape index (κ3) is 4.66. The van der Waals surface area contributed by atoms with E-state index in [1.807, 2.05) is 6.92 Å². The first-order valence-corrected chi connectivity index (χ1v) is 13.5. The smallest absolute Gasteiger partial charge is 0.260 e. The normalized spacial score (nSPS) is 14.4. The first-order valence-electron chi connectivity index (χ1n) is 12.1. The number of ketones is 1. The number of carbonyl (C=O) groups is 1. The predicted molar refractivity (Wildman–Crippen MR) is 147 cm³/mol. The maximum Gasteiger partial charge on any atom is 0.260 e. The highest BCUT2D eigenvalue weighted by Crippen LogP contribution is 2.42. The van der Waals surface area contributed by atoms with Gasteiger partial charge in [0.05, 0.1) is 22.7 Å². The van der Waals surface area contributed by atoms with E-state index in [0.717, 1.165) is 17.7 Å². The number of methoxy groups -OCH3 is 1. The summed E-state index contributed by atoms with van der Waals surface area (Å²) < 4.78 is 51.4. The molecule has 1 aliphatic heterocycles. The summed E-state index contributed by atoms with van der Waals surface area (Å²) >= 11 is 7.60. The standard InChI is InChI=1S/C30H23ClF3NO3S/c1-15-10-11-21(31)19(12-15)28(36)24-14-39-30-18(13-20-22(32)7-5-8-23(20)33)16(2)26(29(37)35(24)30)17-6-4-9-25(38-3)27(17)34/h4-12,24H,13-14H2,1-3H3. The largest absolute Gasteiger partial charge is 0.494 e. The van der Waals surface area contributed by atoms with Gasteiger partial charge in [0.2, 0.25) is 0 Å². The predicted octanol–water partition coefficient (Wildman–Crippen LogP) is 7.33. The number of carbonyl (C=O) groups excluding carboxylic acids is 1. The van der Waals surface area contributed by atoms with Gasteiger partial charge < -0.3 is 4.74 Å². The molecule has 0 saturated carbocycles. The molecular weight excluding hydrogens is 547 g/mol. The Morgan fingerprint density at radius 1 is 1.05 bits per heavy atom. The number of Topliss-reactive ketones (excluding diaryl/α,β-unsaturated/α-hetero) is 1. The number of halogens is 4. The highest BCUT2D eigenvalue weighted by molar-refractivity contribution is 7.99. The molecule has 4 aromatic rings. The molecule has 5 rings (SSSR count). The van der Waals surface area contributed by atoms with Gasteiger partial charge in [0.15, 0.2) is 17.3 Å². The first-order chi connectivity index (χ1) is 18.6. The van der Waals surface area contributed by atoms with Gasteiger partial charge in [0.1, 0.15) is 17.7 Å². The molecule has 0 aliphatic carbocycles. The van der Waals surface area contributed by atoms with E-state index in [1.165, 1.54) is 41.6 Å². The van der Waals surface area contributed by atoms with Gasteiger partial charge in [-0.3, -0.25) is 14.2 Å². The van der Waals surface area contributed by atoms with Crippen LogP contribution in [0.3, 0.4) is 0 Å². The van der Waals surface area contributed by atoms with Crippen molar-refractivity contribution in [1.82, 2.24) is 4.57 Å². The molecule has 0 spiro atoms. The molecule has 200 valence electrons. The van der Waals surface area contributed by atoms with E-state index in [9.17, 15) is 18.4 Å². The fourth-order valence-corrected chi connectivity index (χ4v) is 6.54. The topological polar surface area (TPSA) is 48.3 Å². The minimum Gasteiger partial charge on any atom is -0.494 e. The molecule has 2 heterocycles. The second-order valence-corrected chi connectivity index (χ2v) is 10.7. The number of pyridine rings is 1. The van der Waals surface area contributed by atoms with E-state index >= 15 is 4.39 Å². The van der Waals surface area contributed by atoms with Crippen molar-refractivity contribution >= 4 is 29.1 Å². The highest BCUT2D eigenvalue weighted by atomic mass is 35.5. The average Bonchev–Trinajstić information content (AvgIpc) is 3.35. The molecule has 0 amide bonds. The number of aryl methyl sites for hydroxylation is 1. The number of aromatic nitrogens is 1. The monoisotopic (exact) mass is 569 g/mol. The van der Waals surface area contributed by atoms with Crippen LogP contribution < -0.4 is 10.3 Å². The average molecular weight is 570 g/mol. The molecular formula is C30H23ClF3NO3S. The first kappa shape index (κ1) is 27.1. The van der Waals surface area contributed by atoms with Crippen molar-refractivity contribution in [2.24, 2.45) is 0 Å². The third-order valence-corrected chi connectivity index (χ3v) is 8.51. The fraction of sp³-hybridized carbons (Fsp3) is 0.200. The Morgan fingerprint density at radius 3 is 2.44 bits per heavy atom. The number of fused-ring (bicyclic) bond motifs is 1. The summed E-state index contributed by atoms with van der Waals surface area (Å²) in [4.78, 5) is 27.8. The second kappa shape index (κ2) is 10.6. The Hall–Kier alpha value is -3.49. The van der Waals surface area contributed by atoms with Crippen molar-refractivity contribution in [3.8, 4) is 16.9 Å². The zero-order chi connectivity index (χ0) is 28.0. The van der Waals surface area contributed by atoms with Crippen molar-refractivity contribution in [2.75, 3.05) is 12.9 Å². The molecule has 0 radical (unpaired) electrons. The summed E-state index contributed by atoms with van der Waals surface area (Å²) in [5, 5.41) is 0.659. The van der Waals surface area contributed by atoms with Gasteiger partial charge in [0, 0.05) is 28.9 Å². The van der Waals surface area contributed by atoms with Crippen LogP contribution in [-0.4, -0.2) is 23.2 Å². The summed E-state index contributed by atoms with van der Waals surface area (Å²) in [7, 11) is 1.31. The number of hydrogen-bond donors (Lipinski definition) is 0. The van der Waals surface area contributed by atoms with Crippen molar-refractivity contribution in [3.05, 3.63) is 115 Å². The molecule has 3 aromatic carbocycles. The third-order valence-electron chi connectivity index (χ3n) is 6.98. The van der Waals surface area contributed by atoms with Crippen LogP contribution in [0.15, 0.2) is 64.4 Å². The SMILES string of the molecule is COc1cccc(-c2c(C)c(Cc3c(F)cccc3F)c3n(c2=O)C(C(=O)c2cc(C)ccc2Cl)CS3)c1F. The van der Waals surface area contributed by atoms with Crippen LogP contribution in [-0.2, 0) is 6.42 Å². The lowest BCUT2D eigenvalue weighted by atomic mass is 9.93. The molecule has 4 nitrogen and oxygen atoms in total. The number of benzene rings is 3. The van der Waals surface area contributed by atoms with Gasteiger partial charge in [-0.05, 0) is 55.3 Å². The summed E-state index contributed by atoms with van der Waals surface area (Å²) in [5.74, 6) is -2.47. The lowest BCUT2D eigenvalue weighted by molar-refractivity contribution is 0.0934. The maximum atomic E-state index is 15.5. The van der Waals surface area contributed by atoms with E-state index in [2.05, 4.69) is 0 Å². The van der Waals surface area contributed by atoms with Gasteiger partial charge in [-0.1, -0.05) is 41.4 Å². The van der Waals surface area contributed by atoms with Crippen molar-refractivity contribution < 1.29 is 22.7 Å². The van der Waals surface area contributed by atoms with E-state index < -0.39 is 29.1 Å². The number of ether oxygens (including phenoxy) is 1. The molecule has 9 heteroatoms. The van der Waals surface area contributed by atoms with Crippen molar-refractivity contribution in [1.29, 1.82) is 0 Å². The van der Waals surface area contributed by atoms with Gasteiger partial charge in [0.25, 0.3) is 5.56 Å². The Kier molecular flexibility index (Phi) is 7.35. The summed E-state index contributed by atoms with van der Waals surface area (Å²) in [5.41, 5.74) is 1.09. The molecule has 39 heavy (non-hydrogen) atoms. The zero-order valence-corrected chi connectivity index (χ0v) is 22.9. The summed E-state index contributed by atoms with van der Waals surface area (Å²) in [6.45, 7) is 3.45. The van der Waals surface area contributed by atoms with E-state index in [-0.39, 0.29) is 51.0 Å². The Bertz CT molecular complexity index is 1680. The molecule has 1 aliphatic rings. The molecule has 1 atom stereocenters. The Labute approximate surface area is 232 Å². The molecule has 0 bridgehead atoms. The quantitative estimate of drug-likeness (QED) is 0.228. The van der Waals surface area contributed by atoms with Crippen LogP contribution in [0.2, 0.25) is 5.02 Å². The maximum absolute atomic E-state index is 15.5.